The molecule has 0 bridgehead atoms. The number of alkyl halides is 2. The molecule has 1 atom stereocenters. The van der Waals surface area contributed by atoms with Crippen LogP contribution in [0.4, 0.5) is 8.78 Å². The molecule has 1 aromatic heterocycles. The molecular weight excluding hydrogens is 533 g/mol. The zero-order valence-corrected chi connectivity index (χ0v) is 20.7. The number of nitrogens with zero attached hydrogens (tertiary/aromatic N) is 2. The molecular formula is C22H31F2IN4O3. The largest absolute Gasteiger partial charge is 0.493 e. The van der Waals surface area contributed by atoms with E-state index in [0.717, 1.165) is 24.4 Å². The fourth-order valence-electron chi connectivity index (χ4n) is 3.75. The lowest BCUT2D eigenvalue weighted by Crippen LogP contribution is -2.43. The van der Waals surface area contributed by atoms with Gasteiger partial charge in [-0.2, -0.15) is 8.78 Å². The Bertz CT molecular complexity index is 831. The second-order valence-electron chi connectivity index (χ2n) is 7.27. The number of furan rings is 1. The minimum absolute atomic E-state index is 0. The van der Waals surface area contributed by atoms with Crippen LogP contribution in [0.25, 0.3) is 0 Å². The number of hydrogen-bond donors (Lipinski definition) is 2. The first-order valence-electron chi connectivity index (χ1n) is 10.4. The van der Waals surface area contributed by atoms with Gasteiger partial charge in [-0.05, 0) is 62.2 Å². The smallest absolute Gasteiger partial charge is 0.387 e. The maximum absolute atomic E-state index is 12.6. The van der Waals surface area contributed by atoms with Gasteiger partial charge in [0.2, 0.25) is 0 Å². The molecule has 1 aromatic carbocycles. The van der Waals surface area contributed by atoms with Gasteiger partial charge in [-0.3, -0.25) is 9.89 Å². The number of likely N-dealkylation sites (tertiary alicyclic amines) is 1. The Morgan fingerprint density at radius 3 is 2.59 bits per heavy atom. The molecule has 1 aliphatic rings. The molecule has 32 heavy (non-hydrogen) atoms. The van der Waals surface area contributed by atoms with E-state index in [2.05, 4.69) is 25.3 Å². The molecule has 1 saturated heterocycles. The molecule has 10 heteroatoms. The van der Waals surface area contributed by atoms with Crippen LogP contribution in [-0.2, 0) is 6.42 Å². The second-order valence-corrected chi connectivity index (χ2v) is 7.27. The predicted molar refractivity (Wildman–Crippen MR) is 130 cm³/mol. The van der Waals surface area contributed by atoms with Crippen molar-refractivity contribution < 1.29 is 22.7 Å². The molecule has 2 aromatic rings. The van der Waals surface area contributed by atoms with E-state index in [1.54, 1.807) is 25.4 Å². The number of rotatable bonds is 10. The third kappa shape index (κ3) is 7.51. The Kier molecular flexibility index (Phi) is 11.0. The van der Waals surface area contributed by atoms with Crippen molar-refractivity contribution >= 4 is 29.9 Å². The third-order valence-corrected chi connectivity index (χ3v) is 5.29. The predicted octanol–water partition coefficient (Wildman–Crippen LogP) is 4.05. The molecule has 1 unspecified atom stereocenters. The fourth-order valence-corrected chi connectivity index (χ4v) is 3.75. The average Bonchev–Trinajstić information content (AvgIpc) is 3.47. The Hall–Kier alpha value is -2.08. The van der Waals surface area contributed by atoms with Gasteiger partial charge in [0, 0.05) is 20.1 Å². The van der Waals surface area contributed by atoms with Crippen LogP contribution in [-0.4, -0.2) is 57.8 Å². The van der Waals surface area contributed by atoms with Gasteiger partial charge in [0.25, 0.3) is 0 Å². The summed E-state index contributed by atoms with van der Waals surface area (Å²) in [4.78, 5) is 6.70. The van der Waals surface area contributed by atoms with Crippen molar-refractivity contribution in [3.63, 3.8) is 0 Å². The zero-order chi connectivity index (χ0) is 22.1. The van der Waals surface area contributed by atoms with Gasteiger partial charge >= 0.3 is 6.61 Å². The van der Waals surface area contributed by atoms with E-state index in [1.807, 2.05) is 18.2 Å². The van der Waals surface area contributed by atoms with Crippen molar-refractivity contribution in [3.05, 3.63) is 47.9 Å². The topological polar surface area (TPSA) is 71.3 Å². The molecule has 3 rings (SSSR count). The van der Waals surface area contributed by atoms with Crippen molar-refractivity contribution in [2.75, 3.05) is 40.3 Å². The van der Waals surface area contributed by atoms with E-state index in [1.165, 1.54) is 20.0 Å². The normalized spacial score (nSPS) is 15.3. The maximum atomic E-state index is 12.6. The van der Waals surface area contributed by atoms with E-state index >= 15 is 0 Å². The van der Waals surface area contributed by atoms with E-state index in [0.29, 0.717) is 25.5 Å². The number of halogens is 3. The van der Waals surface area contributed by atoms with Gasteiger partial charge in [-0.1, -0.05) is 6.07 Å². The van der Waals surface area contributed by atoms with Gasteiger partial charge in [-0.15, -0.1) is 24.0 Å². The summed E-state index contributed by atoms with van der Waals surface area (Å²) in [5, 5.41) is 6.64. The van der Waals surface area contributed by atoms with Crippen LogP contribution >= 0.6 is 24.0 Å². The van der Waals surface area contributed by atoms with Gasteiger partial charge in [0.05, 0.1) is 19.4 Å². The van der Waals surface area contributed by atoms with Crippen molar-refractivity contribution in [2.45, 2.75) is 31.9 Å². The molecule has 0 saturated carbocycles. The number of ether oxygens (including phenoxy) is 2. The van der Waals surface area contributed by atoms with E-state index in [9.17, 15) is 8.78 Å². The first-order chi connectivity index (χ1) is 15.1. The molecule has 0 amide bonds. The molecule has 0 spiro atoms. The van der Waals surface area contributed by atoms with Gasteiger partial charge < -0.3 is 24.5 Å². The molecule has 0 radical (unpaired) electrons. The highest BCUT2D eigenvalue weighted by molar-refractivity contribution is 14.0. The average molecular weight is 564 g/mol. The Morgan fingerprint density at radius 1 is 1.19 bits per heavy atom. The van der Waals surface area contributed by atoms with Crippen LogP contribution < -0.4 is 20.1 Å². The van der Waals surface area contributed by atoms with E-state index in [-0.39, 0.29) is 41.5 Å². The maximum Gasteiger partial charge on any atom is 0.387 e. The van der Waals surface area contributed by atoms with E-state index < -0.39 is 6.61 Å². The number of nitrogens with one attached hydrogen (secondary N) is 2. The number of benzene rings is 1. The highest BCUT2D eigenvalue weighted by atomic mass is 127. The van der Waals surface area contributed by atoms with E-state index in [4.69, 9.17) is 9.15 Å². The first kappa shape index (κ1) is 26.2. The van der Waals surface area contributed by atoms with Gasteiger partial charge in [0.15, 0.2) is 17.5 Å². The second kappa shape index (κ2) is 13.5. The highest BCUT2D eigenvalue weighted by Gasteiger charge is 2.25. The first-order valence-corrected chi connectivity index (χ1v) is 10.4. The molecule has 2 heterocycles. The van der Waals surface area contributed by atoms with Crippen molar-refractivity contribution in [2.24, 2.45) is 4.99 Å². The van der Waals surface area contributed by atoms with Gasteiger partial charge in [-0.25, -0.2) is 0 Å². The molecule has 2 N–H and O–H groups in total. The van der Waals surface area contributed by atoms with Crippen LogP contribution in [0.5, 0.6) is 11.5 Å². The summed E-state index contributed by atoms with van der Waals surface area (Å²) in [6.45, 7) is 0.458. The Morgan fingerprint density at radius 2 is 1.97 bits per heavy atom. The highest BCUT2D eigenvalue weighted by Crippen LogP contribution is 2.29. The fraction of sp³-hybridized carbons (Fsp3) is 0.500. The Balaban J connectivity index is 0.00000363. The summed E-state index contributed by atoms with van der Waals surface area (Å²) < 4.78 is 40.5. The van der Waals surface area contributed by atoms with Crippen LogP contribution in [0.15, 0.2) is 46.0 Å². The molecule has 7 nitrogen and oxygen atoms in total. The minimum atomic E-state index is -2.90. The quantitative estimate of drug-likeness (QED) is 0.258. The standard InChI is InChI=1S/C22H30F2N4O3.HI/c1-25-22(27-15-17(18-6-5-13-30-18)28-11-3-4-12-28)26-10-9-16-7-8-19(29-2)20(14-16)31-21(23)24;/h5-8,13-14,17,21H,3-4,9-12,15H2,1-2H3,(H2,25,26,27);1H. The Labute approximate surface area is 204 Å². The van der Waals surface area contributed by atoms with Crippen LogP contribution in [0.2, 0.25) is 0 Å². The number of methoxy groups -OCH3 is 1. The summed E-state index contributed by atoms with van der Waals surface area (Å²) in [5.41, 5.74) is 0.852. The van der Waals surface area contributed by atoms with Crippen LogP contribution in [0, 0.1) is 0 Å². The summed E-state index contributed by atoms with van der Waals surface area (Å²) in [6.07, 6.45) is 4.71. The SMILES string of the molecule is CN=C(NCCc1ccc(OC)c(OC(F)F)c1)NCC(c1ccco1)N1CCCC1.I. The van der Waals surface area contributed by atoms with Crippen LogP contribution in [0.1, 0.15) is 30.2 Å². The number of guanidine groups is 1. The van der Waals surface area contributed by atoms with Crippen molar-refractivity contribution in [1.82, 2.24) is 15.5 Å². The number of aliphatic imine (C=N–C) groups is 1. The monoisotopic (exact) mass is 564 g/mol. The summed E-state index contributed by atoms with van der Waals surface area (Å²) in [7, 11) is 3.14. The van der Waals surface area contributed by atoms with Crippen LogP contribution in [0.3, 0.4) is 0 Å². The van der Waals surface area contributed by atoms with Crippen molar-refractivity contribution in [3.8, 4) is 11.5 Å². The summed E-state index contributed by atoms with van der Waals surface area (Å²) >= 11 is 0. The lowest BCUT2D eigenvalue weighted by atomic mass is 10.1. The minimum Gasteiger partial charge on any atom is -0.493 e. The molecule has 1 aliphatic heterocycles. The van der Waals surface area contributed by atoms with Crippen molar-refractivity contribution in [1.29, 1.82) is 0 Å². The molecule has 178 valence electrons. The zero-order valence-electron chi connectivity index (χ0n) is 18.4. The lowest BCUT2D eigenvalue weighted by molar-refractivity contribution is -0.0512. The summed E-state index contributed by atoms with van der Waals surface area (Å²) in [6, 6.07) is 9.09. The van der Waals surface area contributed by atoms with Gasteiger partial charge in [0.1, 0.15) is 5.76 Å². The molecule has 0 aliphatic carbocycles. The molecule has 1 fully saturated rings. The summed E-state index contributed by atoms with van der Waals surface area (Å²) in [5.74, 6) is 1.92. The number of hydrogen-bond acceptors (Lipinski definition) is 5. The third-order valence-electron chi connectivity index (χ3n) is 5.29. The lowest BCUT2D eigenvalue weighted by Gasteiger charge is -2.26.